The van der Waals surface area contributed by atoms with Gasteiger partial charge in [-0.2, -0.15) is 0 Å². The molecule has 0 spiro atoms. The van der Waals surface area contributed by atoms with Crippen LogP contribution in [-0.4, -0.2) is 5.97 Å². The maximum absolute atomic E-state index is 13.0. The SMILES string of the molecule is Cc1oc2cc(OC(=O)c3ccccc3Cl)ccc2c(=O)c1-c1ccc(Br)cc1. The molecule has 0 aliphatic rings. The van der Waals surface area contributed by atoms with Crippen molar-refractivity contribution in [3.8, 4) is 16.9 Å². The molecule has 4 rings (SSSR count). The summed E-state index contributed by atoms with van der Waals surface area (Å²) in [5.74, 6) is 0.168. The molecule has 0 aliphatic heterocycles. The van der Waals surface area contributed by atoms with Crippen LogP contribution in [0.2, 0.25) is 5.02 Å². The molecule has 1 heterocycles. The summed E-state index contributed by atoms with van der Waals surface area (Å²) < 4.78 is 12.2. The number of hydrogen-bond donors (Lipinski definition) is 0. The summed E-state index contributed by atoms with van der Waals surface area (Å²) in [6.07, 6.45) is 0. The lowest BCUT2D eigenvalue weighted by molar-refractivity contribution is 0.0735. The van der Waals surface area contributed by atoms with Crippen LogP contribution in [0.5, 0.6) is 5.75 Å². The first kappa shape index (κ1) is 19.4. The van der Waals surface area contributed by atoms with E-state index in [1.165, 1.54) is 6.07 Å². The molecule has 0 unspecified atom stereocenters. The number of rotatable bonds is 3. The summed E-state index contributed by atoms with van der Waals surface area (Å²) in [6, 6.07) is 18.8. The highest BCUT2D eigenvalue weighted by molar-refractivity contribution is 9.10. The minimum absolute atomic E-state index is 0.143. The summed E-state index contributed by atoms with van der Waals surface area (Å²) >= 11 is 9.44. The normalized spacial score (nSPS) is 10.9. The van der Waals surface area contributed by atoms with Crippen LogP contribution in [0.3, 0.4) is 0 Å². The number of hydrogen-bond acceptors (Lipinski definition) is 4. The van der Waals surface area contributed by atoms with Crippen LogP contribution in [0.15, 0.2) is 80.4 Å². The summed E-state index contributed by atoms with van der Waals surface area (Å²) in [5, 5.41) is 0.714. The standard InChI is InChI=1S/C23H14BrClO4/c1-13-21(14-6-8-15(24)9-7-14)22(26)18-11-10-16(12-20(18)28-13)29-23(27)17-4-2-3-5-19(17)25/h2-12H,1H3. The number of aryl methyl sites for hydroxylation is 1. The average molecular weight is 470 g/mol. The van der Waals surface area contributed by atoms with Crippen molar-refractivity contribution in [2.24, 2.45) is 0 Å². The Morgan fingerprint density at radius 2 is 1.76 bits per heavy atom. The quantitative estimate of drug-likeness (QED) is 0.257. The molecule has 0 fully saturated rings. The third-order valence-electron chi connectivity index (χ3n) is 4.48. The summed E-state index contributed by atoms with van der Waals surface area (Å²) in [4.78, 5) is 25.4. The van der Waals surface area contributed by atoms with Crippen LogP contribution < -0.4 is 10.2 Å². The Labute approximate surface area is 179 Å². The van der Waals surface area contributed by atoms with E-state index in [1.54, 1.807) is 43.3 Å². The number of ether oxygens (including phenoxy) is 1. The molecule has 4 aromatic rings. The van der Waals surface area contributed by atoms with E-state index in [0.29, 0.717) is 27.3 Å². The van der Waals surface area contributed by atoms with E-state index >= 15 is 0 Å². The monoisotopic (exact) mass is 468 g/mol. The van der Waals surface area contributed by atoms with Gasteiger partial charge in [0.1, 0.15) is 17.1 Å². The molecular formula is C23H14BrClO4. The third kappa shape index (κ3) is 3.84. The number of carbonyl (C=O) groups is 1. The van der Waals surface area contributed by atoms with Gasteiger partial charge in [0.05, 0.1) is 21.5 Å². The minimum Gasteiger partial charge on any atom is -0.460 e. The highest BCUT2D eigenvalue weighted by Gasteiger charge is 2.16. The Balaban J connectivity index is 1.73. The molecule has 0 radical (unpaired) electrons. The van der Waals surface area contributed by atoms with E-state index in [-0.39, 0.29) is 16.7 Å². The number of esters is 1. The fourth-order valence-corrected chi connectivity index (χ4v) is 3.57. The van der Waals surface area contributed by atoms with Crippen LogP contribution >= 0.6 is 27.5 Å². The lowest BCUT2D eigenvalue weighted by Gasteiger charge is -2.09. The summed E-state index contributed by atoms with van der Waals surface area (Å²) in [6.45, 7) is 1.74. The molecule has 29 heavy (non-hydrogen) atoms. The zero-order valence-electron chi connectivity index (χ0n) is 15.2. The van der Waals surface area contributed by atoms with Gasteiger partial charge in [-0.15, -0.1) is 0 Å². The zero-order valence-corrected chi connectivity index (χ0v) is 17.6. The number of halogens is 2. The van der Waals surface area contributed by atoms with Crippen molar-refractivity contribution in [3.05, 3.63) is 97.8 Å². The Morgan fingerprint density at radius 3 is 2.48 bits per heavy atom. The molecule has 0 aliphatic carbocycles. The number of benzene rings is 3. The second-order valence-corrected chi connectivity index (χ2v) is 7.72. The van der Waals surface area contributed by atoms with Crippen molar-refractivity contribution in [2.75, 3.05) is 0 Å². The van der Waals surface area contributed by atoms with Gasteiger partial charge in [-0.25, -0.2) is 4.79 Å². The topological polar surface area (TPSA) is 56.5 Å². The lowest BCUT2D eigenvalue weighted by atomic mass is 10.0. The van der Waals surface area contributed by atoms with Gasteiger partial charge in [0, 0.05) is 10.5 Å². The number of fused-ring (bicyclic) bond motifs is 1. The maximum Gasteiger partial charge on any atom is 0.345 e. The molecule has 1 aromatic heterocycles. The van der Waals surface area contributed by atoms with Gasteiger partial charge in [0.15, 0.2) is 0 Å². The lowest BCUT2D eigenvalue weighted by Crippen LogP contribution is -2.10. The third-order valence-corrected chi connectivity index (χ3v) is 5.34. The van der Waals surface area contributed by atoms with E-state index in [1.807, 2.05) is 24.3 Å². The van der Waals surface area contributed by atoms with Crippen molar-refractivity contribution in [1.82, 2.24) is 0 Å². The smallest absolute Gasteiger partial charge is 0.345 e. The second kappa shape index (κ2) is 7.85. The van der Waals surface area contributed by atoms with Crippen LogP contribution in [0.4, 0.5) is 0 Å². The summed E-state index contributed by atoms with van der Waals surface area (Å²) in [7, 11) is 0. The van der Waals surface area contributed by atoms with Gasteiger partial charge in [-0.3, -0.25) is 4.79 Å². The second-order valence-electron chi connectivity index (χ2n) is 6.40. The molecule has 4 nitrogen and oxygen atoms in total. The first-order valence-corrected chi connectivity index (χ1v) is 9.91. The van der Waals surface area contributed by atoms with Gasteiger partial charge < -0.3 is 9.15 Å². The molecule has 144 valence electrons. The summed E-state index contributed by atoms with van der Waals surface area (Å²) in [5.41, 5.74) is 1.74. The molecule has 0 saturated carbocycles. The van der Waals surface area contributed by atoms with Crippen LogP contribution in [-0.2, 0) is 0 Å². The average Bonchev–Trinajstić information content (AvgIpc) is 2.69. The molecular weight excluding hydrogens is 456 g/mol. The van der Waals surface area contributed by atoms with Gasteiger partial charge in [0.25, 0.3) is 0 Å². The Morgan fingerprint density at radius 1 is 1.03 bits per heavy atom. The van der Waals surface area contributed by atoms with Crippen LogP contribution in [0, 0.1) is 6.92 Å². The molecule has 3 aromatic carbocycles. The van der Waals surface area contributed by atoms with Gasteiger partial charge in [-0.05, 0) is 48.9 Å². The number of carbonyl (C=O) groups excluding carboxylic acids is 1. The fraction of sp³-hybridized carbons (Fsp3) is 0.0435. The van der Waals surface area contributed by atoms with Gasteiger partial charge >= 0.3 is 5.97 Å². The van der Waals surface area contributed by atoms with Gasteiger partial charge in [-0.1, -0.05) is 51.8 Å². The van der Waals surface area contributed by atoms with Crippen molar-refractivity contribution in [3.63, 3.8) is 0 Å². The van der Waals surface area contributed by atoms with Crippen molar-refractivity contribution in [1.29, 1.82) is 0 Å². The van der Waals surface area contributed by atoms with Crippen molar-refractivity contribution >= 4 is 44.5 Å². The Hall–Kier alpha value is -2.89. The molecule has 0 saturated heterocycles. The first-order chi connectivity index (χ1) is 13.9. The largest absolute Gasteiger partial charge is 0.460 e. The molecule has 0 atom stereocenters. The Bertz CT molecular complexity index is 1290. The van der Waals surface area contributed by atoms with E-state index in [4.69, 9.17) is 20.8 Å². The van der Waals surface area contributed by atoms with Gasteiger partial charge in [0.2, 0.25) is 5.43 Å². The highest BCUT2D eigenvalue weighted by atomic mass is 79.9. The molecule has 0 amide bonds. The van der Waals surface area contributed by atoms with Crippen molar-refractivity contribution in [2.45, 2.75) is 6.92 Å². The van der Waals surface area contributed by atoms with Crippen LogP contribution in [0.25, 0.3) is 22.1 Å². The molecule has 6 heteroatoms. The predicted octanol–water partition coefficient (Wildman–Crippen LogP) is 6.40. The van der Waals surface area contributed by atoms with E-state index < -0.39 is 5.97 Å². The molecule has 0 N–H and O–H groups in total. The van der Waals surface area contributed by atoms with Crippen molar-refractivity contribution < 1.29 is 13.9 Å². The predicted molar refractivity (Wildman–Crippen MR) is 117 cm³/mol. The molecule has 0 bridgehead atoms. The zero-order chi connectivity index (χ0) is 20.5. The van der Waals surface area contributed by atoms with E-state index in [0.717, 1.165) is 10.0 Å². The first-order valence-electron chi connectivity index (χ1n) is 8.74. The maximum atomic E-state index is 13.0. The minimum atomic E-state index is -0.583. The Kier molecular flexibility index (Phi) is 5.26. The van der Waals surface area contributed by atoms with E-state index in [2.05, 4.69) is 15.9 Å². The van der Waals surface area contributed by atoms with E-state index in [9.17, 15) is 9.59 Å². The highest BCUT2D eigenvalue weighted by Crippen LogP contribution is 2.28. The van der Waals surface area contributed by atoms with Crippen LogP contribution in [0.1, 0.15) is 16.1 Å². The fourth-order valence-electron chi connectivity index (χ4n) is 3.09.